The maximum absolute atomic E-state index is 11.9. The first kappa shape index (κ1) is 15.0. The Balaban J connectivity index is 1.78. The van der Waals surface area contributed by atoms with Gasteiger partial charge in [-0.15, -0.1) is 11.3 Å². The molecule has 0 aliphatic carbocycles. The van der Waals surface area contributed by atoms with Crippen molar-refractivity contribution in [1.29, 1.82) is 0 Å². The van der Waals surface area contributed by atoms with E-state index in [0.29, 0.717) is 11.4 Å². The molecule has 1 aromatic heterocycles. The van der Waals surface area contributed by atoms with Gasteiger partial charge in [0.2, 0.25) is 0 Å². The van der Waals surface area contributed by atoms with Gasteiger partial charge in [-0.2, -0.15) is 0 Å². The molecular weight excluding hydrogens is 276 g/mol. The van der Waals surface area contributed by atoms with Crippen LogP contribution in [0.3, 0.4) is 0 Å². The normalized spacial score (nSPS) is 21.8. The number of amides is 2. The van der Waals surface area contributed by atoms with Crippen molar-refractivity contribution in [3.63, 3.8) is 0 Å². The van der Waals surface area contributed by atoms with E-state index < -0.39 is 0 Å². The van der Waals surface area contributed by atoms with Crippen molar-refractivity contribution < 1.29 is 14.3 Å². The van der Waals surface area contributed by atoms with Crippen LogP contribution in [0.5, 0.6) is 0 Å². The van der Waals surface area contributed by atoms with Gasteiger partial charge in [-0.25, -0.2) is 0 Å². The van der Waals surface area contributed by atoms with E-state index in [1.165, 1.54) is 11.3 Å². The van der Waals surface area contributed by atoms with Crippen molar-refractivity contribution in [2.45, 2.75) is 32.0 Å². The number of ether oxygens (including phenoxy) is 1. The van der Waals surface area contributed by atoms with E-state index in [-0.39, 0.29) is 24.0 Å². The van der Waals surface area contributed by atoms with Gasteiger partial charge in [-0.1, -0.05) is 0 Å². The molecule has 1 aliphatic rings. The summed E-state index contributed by atoms with van der Waals surface area (Å²) < 4.78 is 5.67. The number of hydrogen-bond acceptors (Lipinski definition) is 4. The Labute approximate surface area is 122 Å². The third-order valence-electron chi connectivity index (χ3n) is 3.28. The molecule has 1 saturated heterocycles. The number of aryl methyl sites for hydroxylation is 1. The quantitative estimate of drug-likeness (QED) is 0.914. The average Bonchev–Trinajstić information content (AvgIpc) is 3.03. The highest BCUT2D eigenvalue weighted by Crippen LogP contribution is 2.21. The summed E-state index contributed by atoms with van der Waals surface area (Å²) in [5, 5.41) is 2.86. The molecule has 0 saturated carbocycles. The SMILES string of the molecule is Cc1ccc(C(=O)NC[C@H]2CC[C@@H](C(=O)N(C)C)O2)s1. The van der Waals surface area contributed by atoms with Gasteiger partial charge in [0.15, 0.2) is 0 Å². The summed E-state index contributed by atoms with van der Waals surface area (Å²) in [7, 11) is 3.44. The summed E-state index contributed by atoms with van der Waals surface area (Å²) >= 11 is 1.47. The minimum absolute atomic E-state index is 0.00675. The average molecular weight is 296 g/mol. The molecule has 5 nitrogen and oxygen atoms in total. The molecule has 1 aliphatic heterocycles. The number of nitrogens with zero attached hydrogens (tertiary/aromatic N) is 1. The molecule has 2 atom stereocenters. The number of hydrogen-bond donors (Lipinski definition) is 1. The van der Waals surface area contributed by atoms with E-state index in [0.717, 1.165) is 17.7 Å². The molecular formula is C14H20N2O3S. The van der Waals surface area contributed by atoms with Crippen LogP contribution in [0.2, 0.25) is 0 Å². The van der Waals surface area contributed by atoms with Crippen molar-refractivity contribution in [2.24, 2.45) is 0 Å². The predicted molar refractivity (Wildman–Crippen MR) is 78.0 cm³/mol. The van der Waals surface area contributed by atoms with Crippen molar-refractivity contribution in [1.82, 2.24) is 10.2 Å². The van der Waals surface area contributed by atoms with Crippen LogP contribution in [0, 0.1) is 6.92 Å². The highest BCUT2D eigenvalue weighted by atomic mass is 32.1. The summed E-state index contributed by atoms with van der Waals surface area (Å²) in [5.41, 5.74) is 0. The molecule has 2 rings (SSSR count). The molecule has 0 spiro atoms. The van der Waals surface area contributed by atoms with Gasteiger partial charge in [-0.05, 0) is 31.9 Å². The van der Waals surface area contributed by atoms with Crippen LogP contribution < -0.4 is 5.32 Å². The number of thiophene rings is 1. The first-order valence-corrected chi connectivity index (χ1v) is 7.50. The molecule has 20 heavy (non-hydrogen) atoms. The minimum Gasteiger partial charge on any atom is -0.363 e. The Bertz CT molecular complexity index is 498. The van der Waals surface area contributed by atoms with E-state index in [1.54, 1.807) is 19.0 Å². The fourth-order valence-electron chi connectivity index (χ4n) is 2.18. The summed E-state index contributed by atoms with van der Waals surface area (Å²) in [6.45, 7) is 2.42. The van der Waals surface area contributed by atoms with Gasteiger partial charge in [0.25, 0.3) is 11.8 Å². The van der Waals surface area contributed by atoms with Crippen LogP contribution in [-0.2, 0) is 9.53 Å². The molecule has 110 valence electrons. The van der Waals surface area contributed by atoms with E-state index in [9.17, 15) is 9.59 Å². The molecule has 2 heterocycles. The van der Waals surface area contributed by atoms with Crippen molar-refractivity contribution in [3.05, 3.63) is 21.9 Å². The van der Waals surface area contributed by atoms with Gasteiger partial charge >= 0.3 is 0 Å². The van der Waals surface area contributed by atoms with Crippen molar-refractivity contribution >= 4 is 23.2 Å². The number of carbonyl (C=O) groups excluding carboxylic acids is 2. The lowest BCUT2D eigenvalue weighted by Gasteiger charge is -2.17. The molecule has 0 unspecified atom stereocenters. The number of likely N-dealkylation sites (N-methyl/N-ethyl adjacent to an activating group) is 1. The zero-order valence-corrected chi connectivity index (χ0v) is 12.8. The summed E-state index contributed by atoms with van der Waals surface area (Å²) in [6, 6.07) is 3.75. The topological polar surface area (TPSA) is 58.6 Å². The van der Waals surface area contributed by atoms with Gasteiger partial charge in [0.05, 0.1) is 11.0 Å². The molecule has 2 amide bonds. The Morgan fingerprint density at radius 2 is 2.15 bits per heavy atom. The maximum Gasteiger partial charge on any atom is 0.261 e. The van der Waals surface area contributed by atoms with Crippen molar-refractivity contribution in [2.75, 3.05) is 20.6 Å². The number of rotatable bonds is 4. The molecule has 0 bridgehead atoms. The molecule has 1 aromatic rings. The molecule has 6 heteroatoms. The monoisotopic (exact) mass is 296 g/mol. The van der Waals surface area contributed by atoms with E-state index in [4.69, 9.17) is 4.74 Å². The largest absolute Gasteiger partial charge is 0.363 e. The van der Waals surface area contributed by atoms with Crippen LogP contribution in [-0.4, -0.2) is 49.6 Å². The van der Waals surface area contributed by atoms with Crippen LogP contribution in [0.25, 0.3) is 0 Å². The summed E-state index contributed by atoms with van der Waals surface area (Å²) in [6.07, 6.45) is 1.08. The molecule has 1 fully saturated rings. The van der Waals surface area contributed by atoms with Crippen LogP contribution >= 0.6 is 11.3 Å². The number of carbonyl (C=O) groups is 2. The van der Waals surface area contributed by atoms with Crippen LogP contribution in [0.1, 0.15) is 27.4 Å². The molecule has 0 radical (unpaired) electrons. The third kappa shape index (κ3) is 3.58. The Kier molecular flexibility index (Phi) is 4.77. The fraction of sp³-hybridized carbons (Fsp3) is 0.571. The minimum atomic E-state index is -0.365. The van der Waals surface area contributed by atoms with Gasteiger partial charge < -0.3 is 15.0 Å². The Morgan fingerprint density at radius 3 is 2.75 bits per heavy atom. The molecule has 0 aromatic carbocycles. The second kappa shape index (κ2) is 6.37. The standard InChI is InChI=1S/C14H20N2O3S/c1-9-4-7-12(20-9)13(17)15-8-10-5-6-11(19-10)14(18)16(2)3/h4,7,10-11H,5-6,8H2,1-3H3,(H,15,17)/t10-,11+/m1/s1. The van der Waals surface area contributed by atoms with E-state index in [2.05, 4.69) is 5.32 Å². The van der Waals surface area contributed by atoms with E-state index in [1.807, 2.05) is 19.1 Å². The fourth-order valence-corrected chi connectivity index (χ4v) is 2.96. The molecule has 1 N–H and O–H groups in total. The summed E-state index contributed by atoms with van der Waals surface area (Å²) in [5.74, 6) is -0.0817. The third-order valence-corrected chi connectivity index (χ3v) is 4.28. The summed E-state index contributed by atoms with van der Waals surface area (Å²) in [4.78, 5) is 27.0. The van der Waals surface area contributed by atoms with Crippen LogP contribution in [0.4, 0.5) is 0 Å². The van der Waals surface area contributed by atoms with Gasteiger partial charge in [0.1, 0.15) is 6.10 Å². The lowest BCUT2D eigenvalue weighted by molar-refractivity contribution is -0.140. The second-order valence-electron chi connectivity index (χ2n) is 5.18. The lowest BCUT2D eigenvalue weighted by Crippen LogP contribution is -2.36. The Hall–Kier alpha value is -1.40. The maximum atomic E-state index is 11.9. The van der Waals surface area contributed by atoms with Crippen LogP contribution in [0.15, 0.2) is 12.1 Å². The highest BCUT2D eigenvalue weighted by molar-refractivity contribution is 7.13. The van der Waals surface area contributed by atoms with Crippen molar-refractivity contribution in [3.8, 4) is 0 Å². The predicted octanol–water partition coefficient (Wildman–Crippen LogP) is 1.42. The van der Waals surface area contributed by atoms with Gasteiger partial charge in [0, 0.05) is 25.5 Å². The zero-order chi connectivity index (χ0) is 14.7. The van der Waals surface area contributed by atoms with E-state index >= 15 is 0 Å². The zero-order valence-electron chi connectivity index (χ0n) is 12.0. The first-order valence-electron chi connectivity index (χ1n) is 6.68. The highest BCUT2D eigenvalue weighted by Gasteiger charge is 2.31. The lowest BCUT2D eigenvalue weighted by atomic mass is 10.2. The van der Waals surface area contributed by atoms with Gasteiger partial charge in [-0.3, -0.25) is 9.59 Å². The smallest absolute Gasteiger partial charge is 0.261 e. The number of nitrogens with one attached hydrogen (secondary N) is 1. The first-order chi connectivity index (χ1) is 9.47. The Morgan fingerprint density at radius 1 is 1.40 bits per heavy atom. The second-order valence-corrected chi connectivity index (χ2v) is 6.46.